The number of rotatable bonds is 8. The van der Waals surface area contributed by atoms with E-state index < -0.39 is 20.9 Å². The van der Waals surface area contributed by atoms with E-state index in [1.54, 1.807) is 32.2 Å². The van der Waals surface area contributed by atoms with Crippen LogP contribution in [0.15, 0.2) is 42.0 Å². The van der Waals surface area contributed by atoms with Crippen molar-refractivity contribution in [3.63, 3.8) is 0 Å². The van der Waals surface area contributed by atoms with E-state index in [4.69, 9.17) is 4.74 Å². The Balaban J connectivity index is 2.84. The molecule has 28 heavy (non-hydrogen) atoms. The van der Waals surface area contributed by atoms with E-state index in [-0.39, 0.29) is 5.92 Å². The highest BCUT2D eigenvalue weighted by Gasteiger charge is 2.55. The van der Waals surface area contributed by atoms with Crippen molar-refractivity contribution in [3.05, 3.63) is 47.6 Å². The van der Waals surface area contributed by atoms with Crippen LogP contribution >= 0.6 is 0 Å². The lowest BCUT2D eigenvalue weighted by Crippen LogP contribution is -2.58. The number of nitrogens with zero attached hydrogens (tertiary/aromatic N) is 1. The molecule has 0 aromatic heterocycles. The average Bonchev–Trinajstić information content (AvgIpc) is 2.64. The van der Waals surface area contributed by atoms with E-state index in [2.05, 4.69) is 13.8 Å². The predicted molar refractivity (Wildman–Crippen MR) is 115 cm³/mol. The highest BCUT2D eigenvalue weighted by Crippen LogP contribution is 2.50. The number of methoxy groups -OCH3 is 1. The van der Waals surface area contributed by atoms with E-state index >= 15 is 0 Å². The zero-order chi connectivity index (χ0) is 21.1. The summed E-state index contributed by atoms with van der Waals surface area (Å²) in [4.78, 5) is 0.120. The highest BCUT2D eigenvalue weighted by atomic mass is 32.2. The molecule has 0 aliphatic heterocycles. The second-order valence-corrected chi connectivity index (χ2v) is 9.32. The van der Waals surface area contributed by atoms with Crippen molar-refractivity contribution in [2.45, 2.75) is 44.9 Å². The molecule has 0 saturated heterocycles. The minimum absolute atomic E-state index is 0.0930. The molecule has 1 aliphatic carbocycles. The van der Waals surface area contributed by atoms with Crippen molar-refractivity contribution < 1.29 is 17.7 Å². The van der Waals surface area contributed by atoms with Gasteiger partial charge in [-0.15, -0.1) is 0 Å². The van der Waals surface area contributed by atoms with E-state index in [1.165, 1.54) is 0 Å². The van der Waals surface area contributed by atoms with Crippen LogP contribution in [-0.4, -0.2) is 43.9 Å². The Labute approximate surface area is 169 Å². The second kappa shape index (κ2) is 8.80. The Kier molecular flexibility index (Phi) is 7.12. The molecule has 0 saturated carbocycles. The number of likely N-dealkylation sites (N-methyl/N-ethyl adjacent to an activating group) is 1. The van der Waals surface area contributed by atoms with Crippen LogP contribution in [0.2, 0.25) is 0 Å². The largest absolute Gasteiger partial charge is 0.497 e. The molecule has 0 fully saturated rings. The fraction of sp³-hybridized carbons (Fsp3) is 0.545. The van der Waals surface area contributed by atoms with Gasteiger partial charge < -0.3 is 4.74 Å². The van der Waals surface area contributed by atoms with Gasteiger partial charge in [0.15, 0.2) is 4.87 Å². The van der Waals surface area contributed by atoms with Crippen molar-refractivity contribution in [1.82, 2.24) is 4.90 Å². The van der Waals surface area contributed by atoms with Gasteiger partial charge in [0.1, 0.15) is 5.75 Å². The Bertz CT molecular complexity index is 857. The fourth-order valence-electron chi connectivity index (χ4n) is 4.54. The lowest BCUT2D eigenvalue weighted by Gasteiger charge is -2.47. The van der Waals surface area contributed by atoms with Gasteiger partial charge >= 0.3 is 0 Å². The summed E-state index contributed by atoms with van der Waals surface area (Å²) >= 11 is 0. The standard InChI is InChI=1S/C22H33NO4S/c1-7-10-17(8-2)21-20(18-11-9-12-19(15-18)27-6)16(3)13-14-22(21,23(4)5)28(24,25)26/h9,11-15,17,21H,7-8,10H2,1-6H3,(H,24,25,26)/t17?,21-,22?/m0/s1. The molecule has 5 nitrogen and oxygen atoms in total. The third kappa shape index (κ3) is 3.91. The lowest BCUT2D eigenvalue weighted by molar-refractivity contribution is 0.170. The van der Waals surface area contributed by atoms with Crippen molar-refractivity contribution in [2.75, 3.05) is 21.2 Å². The summed E-state index contributed by atoms with van der Waals surface area (Å²) in [5.41, 5.74) is 2.89. The molecule has 0 radical (unpaired) electrons. The van der Waals surface area contributed by atoms with Gasteiger partial charge in [-0.05, 0) is 61.9 Å². The van der Waals surface area contributed by atoms with Crippen LogP contribution in [0.5, 0.6) is 5.75 Å². The summed E-state index contributed by atoms with van der Waals surface area (Å²) in [5, 5.41) is 0. The van der Waals surface area contributed by atoms with E-state index in [0.29, 0.717) is 0 Å². The third-order valence-electron chi connectivity index (χ3n) is 5.90. The topological polar surface area (TPSA) is 66.8 Å². The molecule has 2 rings (SSSR count). The molecule has 2 unspecified atom stereocenters. The first-order valence-corrected chi connectivity index (χ1v) is 11.3. The molecule has 0 spiro atoms. The van der Waals surface area contributed by atoms with Crippen molar-refractivity contribution in [2.24, 2.45) is 11.8 Å². The van der Waals surface area contributed by atoms with E-state index in [1.807, 2.05) is 37.3 Å². The number of hydrogen-bond acceptors (Lipinski definition) is 4. The first-order valence-electron chi connectivity index (χ1n) is 9.82. The van der Waals surface area contributed by atoms with Crippen molar-refractivity contribution >= 4 is 15.7 Å². The molecule has 1 aromatic carbocycles. The maximum Gasteiger partial charge on any atom is 0.288 e. The van der Waals surface area contributed by atoms with Gasteiger partial charge in [0.25, 0.3) is 10.1 Å². The minimum atomic E-state index is -4.42. The van der Waals surface area contributed by atoms with Crippen molar-refractivity contribution in [3.8, 4) is 5.75 Å². The predicted octanol–water partition coefficient (Wildman–Crippen LogP) is 4.63. The monoisotopic (exact) mass is 407 g/mol. The Morgan fingerprint density at radius 2 is 1.96 bits per heavy atom. The van der Waals surface area contributed by atoms with E-state index in [9.17, 15) is 13.0 Å². The zero-order valence-corrected chi connectivity index (χ0v) is 18.6. The summed E-state index contributed by atoms with van der Waals surface area (Å²) < 4.78 is 41.4. The van der Waals surface area contributed by atoms with Crippen LogP contribution in [0, 0.1) is 11.8 Å². The average molecular weight is 408 g/mol. The lowest BCUT2D eigenvalue weighted by atomic mass is 9.70. The van der Waals surface area contributed by atoms with Gasteiger partial charge in [-0.1, -0.05) is 51.3 Å². The normalized spacial score (nSPS) is 23.9. The smallest absolute Gasteiger partial charge is 0.288 e. The van der Waals surface area contributed by atoms with Crippen molar-refractivity contribution in [1.29, 1.82) is 0 Å². The van der Waals surface area contributed by atoms with Crippen LogP contribution in [0.3, 0.4) is 0 Å². The molecule has 1 aromatic rings. The van der Waals surface area contributed by atoms with Crippen LogP contribution in [-0.2, 0) is 10.1 Å². The van der Waals surface area contributed by atoms with Crippen LogP contribution < -0.4 is 4.74 Å². The second-order valence-electron chi connectivity index (χ2n) is 7.72. The maximum absolute atomic E-state index is 12.8. The Morgan fingerprint density at radius 3 is 2.46 bits per heavy atom. The number of hydrogen-bond donors (Lipinski definition) is 1. The quantitative estimate of drug-likeness (QED) is 0.637. The SMILES string of the molecule is CCCC(CC)[C@H]1C(c2cccc(OC)c2)=C(C)C=CC1(N(C)C)S(=O)(=O)O. The van der Waals surface area contributed by atoms with Gasteiger partial charge in [-0.2, -0.15) is 8.42 Å². The molecule has 0 heterocycles. The van der Waals surface area contributed by atoms with Crippen LogP contribution in [0.4, 0.5) is 0 Å². The van der Waals surface area contributed by atoms with Gasteiger partial charge in [-0.3, -0.25) is 9.45 Å². The molecular formula is C22H33NO4S. The molecule has 6 heteroatoms. The summed E-state index contributed by atoms with van der Waals surface area (Å²) in [6, 6.07) is 7.71. The number of allylic oxidation sites excluding steroid dienone is 2. The third-order valence-corrected chi connectivity index (χ3v) is 7.48. The summed E-state index contributed by atoms with van der Waals surface area (Å²) in [5.74, 6) is 0.409. The number of ether oxygens (including phenoxy) is 1. The molecule has 0 bridgehead atoms. The number of benzene rings is 1. The first-order chi connectivity index (χ1) is 13.1. The van der Waals surface area contributed by atoms with Gasteiger partial charge in [0.05, 0.1) is 7.11 Å². The Hall–Kier alpha value is -1.63. The fourth-order valence-corrected chi connectivity index (χ4v) is 5.88. The Morgan fingerprint density at radius 1 is 1.29 bits per heavy atom. The zero-order valence-electron chi connectivity index (χ0n) is 17.8. The highest BCUT2D eigenvalue weighted by molar-refractivity contribution is 7.87. The molecular weight excluding hydrogens is 374 g/mol. The van der Waals surface area contributed by atoms with Gasteiger partial charge in [0.2, 0.25) is 0 Å². The molecule has 0 amide bonds. The van der Waals surface area contributed by atoms with E-state index in [0.717, 1.165) is 41.7 Å². The first kappa shape index (κ1) is 22.7. The summed E-state index contributed by atoms with van der Waals surface area (Å²) in [6.45, 7) is 6.19. The van der Waals surface area contributed by atoms with Gasteiger partial charge in [-0.25, -0.2) is 0 Å². The summed E-state index contributed by atoms with van der Waals surface area (Å²) in [6.07, 6.45) is 6.11. The van der Waals surface area contributed by atoms with Crippen LogP contribution in [0.1, 0.15) is 45.6 Å². The maximum atomic E-state index is 12.8. The molecule has 156 valence electrons. The minimum Gasteiger partial charge on any atom is -0.497 e. The van der Waals surface area contributed by atoms with Gasteiger partial charge in [0, 0.05) is 5.92 Å². The summed E-state index contributed by atoms with van der Waals surface area (Å²) in [7, 11) is 0.634. The molecule has 1 aliphatic rings. The molecule has 1 N–H and O–H groups in total. The molecule has 3 atom stereocenters. The van der Waals surface area contributed by atoms with Crippen LogP contribution in [0.25, 0.3) is 5.57 Å².